The van der Waals surface area contributed by atoms with Crippen LogP contribution in [-0.4, -0.2) is 28.4 Å². The molecule has 5 rings (SSSR count). The van der Waals surface area contributed by atoms with Crippen molar-refractivity contribution in [3.63, 3.8) is 0 Å². The molecule has 0 fully saturated rings. The lowest BCUT2D eigenvalue weighted by Crippen LogP contribution is -2.28. The van der Waals surface area contributed by atoms with E-state index < -0.39 is 5.91 Å². The number of carbonyl (C=O) groups excluding carboxylic acids is 2. The number of ether oxygens (including phenoxy) is 1. The first-order chi connectivity index (χ1) is 15.1. The Morgan fingerprint density at radius 1 is 1.13 bits per heavy atom. The van der Waals surface area contributed by atoms with Crippen LogP contribution in [0.25, 0.3) is 22.0 Å². The highest BCUT2D eigenvalue weighted by atomic mass is 32.1. The summed E-state index contributed by atoms with van der Waals surface area (Å²) in [4.78, 5) is 43.5. The quantitative estimate of drug-likeness (QED) is 0.459. The summed E-state index contributed by atoms with van der Waals surface area (Å²) in [5.41, 5.74) is 3.34. The van der Waals surface area contributed by atoms with Gasteiger partial charge in [0.25, 0.3) is 17.4 Å². The zero-order chi connectivity index (χ0) is 21.4. The van der Waals surface area contributed by atoms with Crippen LogP contribution in [0.1, 0.15) is 16.2 Å². The van der Waals surface area contributed by atoms with Crippen LogP contribution in [0.5, 0.6) is 5.75 Å². The first-order valence-corrected chi connectivity index (χ1v) is 10.4. The fourth-order valence-electron chi connectivity index (χ4n) is 3.36. The van der Waals surface area contributed by atoms with Crippen molar-refractivity contribution in [3.05, 3.63) is 75.0 Å². The van der Waals surface area contributed by atoms with Crippen LogP contribution in [0.3, 0.4) is 0 Å². The Morgan fingerprint density at radius 2 is 2.03 bits per heavy atom. The third-order valence-corrected chi connectivity index (χ3v) is 5.59. The summed E-state index contributed by atoms with van der Waals surface area (Å²) in [5.74, 6) is -0.208. The van der Waals surface area contributed by atoms with Gasteiger partial charge in [-0.1, -0.05) is 12.1 Å². The lowest BCUT2D eigenvalue weighted by Gasteiger charge is -2.18. The number of aromatic amines is 1. The van der Waals surface area contributed by atoms with E-state index in [1.165, 1.54) is 0 Å². The molecule has 8 nitrogen and oxygen atoms in total. The zero-order valence-electron chi connectivity index (χ0n) is 16.1. The Hall–Kier alpha value is -3.98. The molecule has 3 heterocycles. The van der Waals surface area contributed by atoms with Crippen molar-refractivity contribution in [1.29, 1.82) is 0 Å². The Kier molecular flexibility index (Phi) is 4.72. The summed E-state index contributed by atoms with van der Waals surface area (Å²) >= 11 is 1.58. The normalized spacial score (nSPS) is 12.7. The first-order valence-electron chi connectivity index (χ1n) is 9.47. The van der Waals surface area contributed by atoms with Crippen LogP contribution in [0, 0.1) is 0 Å². The van der Waals surface area contributed by atoms with Gasteiger partial charge < -0.3 is 20.4 Å². The maximum absolute atomic E-state index is 12.6. The van der Waals surface area contributed by atoms with Gasteiger partial charge in [0, 0.05) is 6.54 Å². The number of thiophene rings is 1. The molecule has 0 bridgehead atoms. The van der Waals surface area contributed by atoms with Gasteiger partial charge in [0.1, 0.15) is 5.75 Å². The van der Waals surface area contributed by atoms with E-state index in [0.717, 1.165) is 16.7 Å². The van der Waals surface area contributed by atoms with Gasteiger partial charge in [0.05, 0.1) is 16.6 Å². The predicted octanol–water partition coefficient (Wildman–Crippen LogP) is 2.91. The van der Waals surface area contributed by atoms with Crippen LogP contribution in [-0.2, 0) is 11.3 Å². The van der Waals surface area contributed by atoms with Gasteiger partial charge in [-0.15, -0.1) is 0 Å². The van der Waals surface area contributed by atoms with E-state index in [4.69, 9.17) is 4.74 Å². The van der Waals surface area contributed by atoms with Gasteiger partial charge in [-0.2, -0.15) is 11.3 Å². The Bertz CT molecular complexity index is 1380. The molecule has 1 aliphatic rings. The molecule has 0 atom stereocenters. The van der Waals surface area contributed by atoms with Crippen LogP contribution in [0.4, 0.5) is 5.69 Å². The molecule has 3 N–H and O–H groups in total. The summed E-state index contributed by atoms with van der Waals surface area (Å²) in [6, 6.07) is 12.6. The molecule has 9 heteroatoms. The number of fused-ring (bicyclic) bond motifs is 2. The molecule has 0 saturated heterocycles. The van der Waals surface area contributed by atoms with Crippen molar-refractivity contribution in [2.24, 2.45) is 0 Å². The average molecular weight is 432 g/mol. The second-order valence-corrected chi connectivity index (χ2v) is 7.79. The van der Waals surface area contributed by atoms with Crippen molar-refractivity contribution in [3.8, 4) is 16.9 Å². The highest BCUT2D eigenvalue weighted by Gasteiger charge is 2.17. The van der Waals surface area contributed by atoms with Gasteiger partial charge in [0.2, 0.25) is 0 Å². The Labute approximate surface area is 179 Å². The minimum Gasteiger partial charge on any atom is -0.482 e. The number of hydrogen-bond acceptors (Lipinski definition) is 6. The summed E-state index contributed by atoms with van der Waals surface area (Å²) in [6.07, 6.45) is 0. The number of nitrogens with one attached hydrogen (secondary N) is 3. The molecule has 4 aromatic rings. The molecule has 1 aliphatic heterocycles. The second kappa shape index (κ2) is 7.69. The SMILES string of the molecule is O=C1COc2ccc(CNC(=O)c3nc4ccc(-c5ccsc5)cc4c(=O)[nH]3)cc2N1. The molecule has 0 saturated carbocycles. The monoisotopic (exact) mass is 432 g/mol. The van der Waals surface area contributed by atoms with Gasteiger partial charge in [-0.05, 0) is 57.8 Å². The molecular weight excluding hydrogens is 416 g/mol. The smallest absolute Gasteiger partial charge is 0.287 e. The number of H-pyrrole nitrogens is 1. The minimum absolute atomic E-state index is 0.0150. The fourth-order valence-corrected chi connectivity index (χ4v) is 4.03. The first kappa shape index (κ1) is 19.0. The predicted molar refractivity (Wildman–Crippen MR) is 117 cm³/mol. The molecule has 2 aromatic heterocycles. The topological polar surface area (TPSA) is 113 Å². The Morgan fingerprint density at radius 3 is 2.87 bits per heavy atom. The number of amides is 2. The van der Waals surface area contributed by atoms with Crippen molar-refractivity contribution in [2.45, 2.75) is 6.54 Å². The summed E-state index contributed by atoms with van der Waals surface area (Å²) in [5, 5.41) is 9.86. The van der Waals surface area contributed by atoms with E-state index in [0.29, 0.717) is 22.3 Å². The average Bonchev–Trinajstić information content (AvgIpc) is 3.32. The molecule has 2 amide bonds. The molecule has 2 aromatic carbocycles. The fraction of sp³-hybridized carbons (Fsp3) is 0.0909. The van der Waals surface area contributed by atoms with Gasteiger partial charge in [0.15, 0.2) is 12.4 Å². The standard InChI is InChI=1S/C22H16N4O4S/c27-19-10-30-18-4-1-12(7-17(18)24-19)9-23-22(29)20-25-16-3-2-13(14-5-6-31-11-14)8-15(16)21(28)26-20/h1-8,11H,9-10H2,(H,23,29)(H,24,27)(H,25,26,28). The van der Waals surface area contributed by atoms with Gasteiger partial charge in [-0.3, -0.25) is 14.4 Å². The maximum atomic E-state index is 12.6. The van der Waals surface area contributed by atoms with Gasteiger partial charge >= 0.3 is 0 Å². The van der Waals surface area contributed by atoms with Crippen molar-refractivity contribution >= 4 is 39.7 Å². The summed E-state index contributed by atoms with van der Waals surface area (Å²) in [7, 11) is 0. The number of aromatic nitrogens is 2. The van der Waals surface area contributed by atoms with Gasteiger partial charge in [-0.25, -0.2) is 4.98 Å². The lowest BCUT2D eigenvalue weighted by molar-refractivity contribution is -0.118. The van der Waals surface area contributed by atoms with Crippen LogP contribution < -0.4 is 20.9 Å². The van der Waals surface area contributed by atoms with Crippen LogP contribution in [0.2, 0.25) is 0 Å². The van der Waals surface area contributed by atoms with Crippen molar-refractivity contribution < 1.29 is 14.3 Å². The van der Waals surface area contributed by atoms with E-state index in [1.54, 1.807) is 41.7 Å². The summed E-state index contributed by atoms with van der Waals surface area (Å²) < 4.78 is 5.32. The largest absolute Gasteiger partial charge is 0.482 e. The molecule has 0 unspecified atom stereocenters. The number of rotatable bonds is 4. The van der Waals surface area contributed by atoms with E-state index in [9.17, 15) is 14.4 Å². The molecule has 31 heavy (non-hydrogen) atoms. The number of hydrogen-bond donors (Lipinski definition) is 3. The van der Waals surface area contributed by atoms with E-state index in [-0.39, 0.29) is 30.4 Å². The van der Waals surface area contributed by atoms with E-state index >= 15 is 0 Å². The Balaban J connectivity index is 1.35. The second-order valence-electron chi connectivity index (χ2n) is 7.01. The molecule has 0 aliphatic carbocycles. The van der Waals surface area contributed by atoms with E-state index in [2.05, 4.69) is 20.6 Å². The van der Waals surface area contributed by atoms with E-state index in [1.807, 2.05) is 22.9 Å². The van der Waals surface area contributed by atoms with Crippen molar-refractivity contribution in [1.82, 2.24) is 15.3 Å². The number of carbonyl (C=O) groups is 2. The number of benzene rings is 2. The zero-order valence-corrected chi connectivity index (χ0v) is 16.9. The maximum Gasteiger partial charge on any atom is 0.287 e. The molecule has 0 spiro atoms. The minimum atomic E-state index is -0.501. The third-order valence-electron chi connectivity index (χ3n) is 4.90. The molecule has 0 radical (unpaired) electrons. The third kappa shape index (κ3) is 3.78. The molecular formula is C22H16N4O4S. The summed E-state index contributed by atoms with van der Waals surface area (Å²) in [6.45, 7) is 0.180. The number of nitrogens with zero attached hydrogens (tertiary/aromatic N) is 1. The highest BCUT2D eigenvalue weighted by Crippen LogP contribution is 2.28. The van der Waals surface area contributed by atoms with Crippen LogP contribution in [0.15, 0.2) is 58.0 Å². The number of anilines is 1. The highest BCUT2D eigenvalue weighted by molar-refractivity contribution is 7.08. The lowest BCUT2D eigenvalue weighted by atomic mass is 10.1. The van der Waals surface area contributed by atoms with Crippen LogP contribution >= 0.6 is 11.3 Å². The van der Waals surface area contributed by atoms with Crippen molar-refractivity contribution in [2.75, 3.05) is 11.9 Å². The molecule has 154 valence electrons.